The summed E-state index contributed by atoms with van der Waals surface area (Å²) in [5.74, 6) is -0.422. The molecule has 0 aliphatic rings. The first-order valence-electron chi connectivity index (χ1n) is 23.2. The molecule has 314 valence electrons. The molecule has 5 nitrogen and oxygen atoms in total. The normalized spacial score (nSPS) is 12.6. The van der Waals surface area contributed by atoms with Crippen LogP contribution in [0.3, 0.4) is 0 Å². The van der Waals surface area contributed by atoms with Crippen molar-refractivity contribution in [3.8, 4) is 0 Å². The lowest BCUT2D eigenvalue weighted by Gasteiger charge is -2.18. The second kappa shape index (κ2) is 45.3. The summed E-state index contributed by atoms with van der Waals surface area (Å²) in [4.78, 5) is 25.2. The molecule has 0 heterocycles. The second-order valence-corrected chi connectivity index (χ2v) is 15.3. The van der Waals surface area contributed by atoms with Gasteiger partial charge < -0.3 is 14.2 Å². The maximum Gasteiger partial charge on any atom is 0.306 e. The summed E-state index contributed by atoms with van der Waals surface area (Å²) in [6.07, 6.45) is 54.0. The van der Waals surface area contributed by atoms with Gasteiger partial charge in [-0.3, -0.25) is 9.59 Å². The minimum atomic E-state index is -0.539. The Morgan fingerprint density at radius 3 is 1.31 bits per heavy atom. The summed E-state index contributed by atoms with van der Waals surface area (Å²) in [6, 6.07) is 0. The standard InChI is InChI=1S/C49H88O5/c1-4-7-10-13-16-18-20-22-23-24-25-26-27-29-30-32-34-36-39-42-48(50)53-46-47(45-52-44-41-38-15-12-9-6-3)54-49(51)43-40-37-35-33-31-28-21-19-17-14-11-8-5-2/h16,18-19,21-23,25-26,47H,4-15,17,20,24,27-46H2,1-3H3/b18-16-,21-19-,23-22-,26-25-. The molecule has 0 aromatic rings. The molecule has 54 heavy (non-hydrogen) atoms. The maximum absolute atomic E-state index is 12.7. The molecule has 1 atom stereocenters. The van der Waals surface area contributed by atoms with E-state index in [9.17, 15) is 9.59 Å². The highest BCUT2D eigenvalue weighted by atomic mass is 16.6. The van der Waals surface area contributed by atoms with E-state index in [1.807, 2.05) is 0 Å². The molecule has 0 aliphatic carbocycles. The van der Waals surface area contributed by atoms with E-state index in [1.54, 1.807) is 0 Å². The average molecular weight is 757 g/mol. The molecular weight excluding hydrogens is 669 g/mol. The van der Waals surface area contributed by atoms with Gasteiger partial charge in [-0.1, -0.05) is 179 Å². The fraction of sp³-hybridized carbons (Fsp3) is 0.796. The molecule has 0 spiro atoms. The highest BCUT2D eigenvalue weighted by Crippen LogP contribution is 2.13. The summed E-state index contributed by atoms with van der Waals surface area (Å²) >= 11 is 0. The van der Waals surface area contributed by atoms with Gasteiger partial charge in [-0.15, -0.1) is 0 Å². The molecule has 0 saturated heterocycles. The average Bonchev–Trinajstić information content (AvgIpc) is 3.17. The Kier molecular flexibility index (Phi) is 43.5. The third-order valence-corrected chi connectivity index (χ3v) is 9.84. The number of rotatable bonds is 42. The fourth-order valence-electron chi connectivity index (χ4n) is 6.33. The van der Waals surface area contributed by atoms with Crippen molar-refractivity contribution < 1.29 is 23.8 Å². The van der Waals surface area contributed by atoms with Crippen LogP contribution in [0.4, 0.5) is 0 Å². The van der Waals surface area contributed by atoms with Crippen LogP contribution in [0.15, 0.2) is 48.6 Å². The Hall–Kier alpha value is -2.14. The molecule has 0 saturated carbocycles. The van der Waals surface area contributed by atoms with Gasteiger partial charge in [-0.25, -0.2) is 0 Å². The van der Waals surface area contributed by atoms with Gasteiger partial charge in [0.15, 0.2) is 6.10 Å². The summed E-state index contributed by atoms with van der Waals surface area (Å²) in [6.45, 7) is 7.73. The lowest BCUT2D eigenvalue weighted by atomic mass is 10.1. The van der Waals surface area contributed by atoms with Crippen molar-refractivity contribution in [1.29, 1.82) is 0 Å². The Morgan fingerprint density at radius 2 is 0.778 bits per heavy atom. The first-order valence-corrected chi connectivity index (χ1v) is 23.2. The van der Waals surface area contributed by atoms with Gasteiger partial charge in [0.05, 0.1) is 6.61 Å². The van der Waals surface area contributed by atoms with Crippen LogP contribution in [0.2, 0.25) is 0 Å². The molecule has 0 bridgehead atoms. The molecule has 0 fully saturated rings. The molecule has 0 aromatic carbocycles. The van der Waals surface area contributed by atoms with Gasteiger partial charge in [0.25, 0.3) is 0 Å². The van der Waals surface area contributed by atoms with Crippen molar-refractivity contribution in [1.82, 2.24) is 0 Å². The summed E-state index contributed by atoms with van der Waals surface area (Å²) in [5.41, 5.74) is 0. The molecule has 1 unspecified atom stereocenters. The summed E-state index contributed by atoms with van der Waals surface area (Å²) < 4.78 is 17.2. The van der Waals surface area contributed by atoms with E-state index >= 15 is 0 Å². The van der Waals surface area contributed by atoms with E-state index in [1.165, 1.54) is 116 Å². The van der Waals surface area contributed by atoms with Crippen molar-refractivity contribution in [3.05, 3.63) is 48.6 Å². The Morgan fingerprint density at radius 1 is 0.407 bits per heavy atom. The van der Waals surface area contributed by atoms with E-state index in [2.05, 4.69) is 69.4 Å². The van der Waals surface area contributed by atoms with Crippen LogP contribution in [0.1, 0.15) is 226 Å². The SMILES string of the molecule is CCCCC/C=C\C/C=C\C/C=C\CCCCCCCCC(=O)OCC(COCCCCCCCC)OC(=O)CCCCCCC/C=C\CCCCCC. The number of hydrogen-bond acceptors (Lipinski definition) is 5. The fourth-order valence-corrected chi connectivity index (χ4v) is 6.33. The Labute approximate surface area is 335 Å². The quantitative estimate of drug-likeness (QED) is 0.0353. The highest BCUT2D eigenvalue weighted by molar-refractivity contribution is 5.70. The largest absolute Gasteiger partial charge is 0.462 e. The Balaban J connectivity index is 4.13. The molecule has 0 amide bonds. The van der Waals surface area contributed by atoms with Crippen LogP contribution >= 0.6 is 0 Å². The monoisotopic (exact) mass is 757 g/mol. The molecular formula is C49H88O5. The minimum absolute atomic E-state index is 0.0761. The van der Waals surface area contributed by atoms with Crippen molar-refractivity contribution in [2.75, 3.05) is 19.8 Å². The number of allylic oxidation sites excluding steroid dienone is 8. The van der Waals surface area contributed by atoms with Crippen LogP contribution in [0.25, 0.3) is 0 Å². The van der Waals surface area contributed by atoms with Crippen molar-refractivity contribution in [2.45, 2.75) is 232 Å². The van der Waals surface area contributed by atoms with Crippen LogP contribution < -0.4 is 0 Å². The predicted molar refractivity (Wildman–Crippen MR) is 233 cm³/mol. The van der Waals surface area contributed by atoms with Gasteiger partial charge in [0, 0.05) is 19.4 Å². The van der Waals surface area contributed by atoms with E-state index in [4.69, 9.17) is 14.2 Å². The van der Waals surface area contributed by atoms with E-state index in [0.717, 1.165) is 77.0 Å². The second-order valence-electron chi connectivity index (χ2n) is 15.3. The van der Waals surface area contributed by atoms with Crippen molar-refractivity contribution >= 4 is 11.9 Å². The number of unbranched alkanes of at least 4 members (excludes halogenated alkanes) is 23. The van der Waals surface area contributed by atoms with Gasteiger partial charge in [-0.05, 0) is 83.5 Å². The molecule has 0 N–H and O–H groups in total. The topological polar surface area (TPSA) is 61.8 Å². The third-order valence-electron chi connectivity index (χ3n) is 9.84. The van der Waals surface area contributed by atoms with Crippen molar-refractivity contribution in [2.24, 2.45) is 0 Å². The summed E-state index contributed by atoms with van der Waals surface area (Å²) in [5, 5.41) is 0. The van der Waals surface area contributed by atoms with Crippen LogP contribution in [-0.4, -0.2) is 37.9 Å². The van der Waals surface area contributed by atoms with Gasteiger partial charge in [-0.2, -0.15) is 0 Å². The van der Waals surface area contributed by atoms with E-state index < -0.39 is 6.10 Å². The molecule has 0 radical (unpaired) electrons. The van der Waals surface area contributed by atoms with E-state index in [-0.39, 0.29) is 25.2 Å². The first kappa shape index (κ1) is 51.9. The van der Waals surface area contributed by atoms with Crippen molar-refractivity contribution in [3.63, 3.8) is 0 Å². The van der Waals surface area contributed by atoms with E-state index in [0.29, 0.717) is 19.4 Å². The predicted octanol–water partition coefficient (Wildman–Crippen LogP) is 15.2. The first-order chi connectivity index (χ1) is 26.6. The van der Waals surface area contributed by atoms with Gasteiger partial charge in [0.2, 0.25) is 0 Å². The zero-order valence-corrected chi connectivity index (χ0v) is 36.0. The van der Waals surface area contributed by atoms with Crippen LogP contribution in [-0.2, 0) is 23.8 Å². The zero-order chi connectivity index (χ0) is 39.3. The van der Waals surface area contributed by atoms with Gasteiger partial charge in [0.1, 0.15) is 6.61 Å². The number of ether oxygens (including phenoxy) is 3. The number of esters is 2. The Bertz CT molecular complexity index is 904. The smallest absolute Gasteiger partial charge is 0.306 e. The zero-order valence-electron chi connectivity index (χ0n) is 36.0. The lowest BCUT2D eigenvalue weighted by molar-refractivity contribution is -0.163. The van der Waals surface area contributed by atoms with Crippen LogP contribution in [0, 0.1) is 0 Å². The lowest BCUT2D eigenvalue weighted by Crippen LogP contribution is -2.30. The number of carbonyl (C=O) groups is 2. The summed E-state index contributed by atoms with van der Waals surface area (Å²) in [7, 11) is 0. The third kappa shape index (κ3) is 42.6. The molecule has 0 aliphatic heterocycles. The molecule has 0 rings (SSSR count). The maximum atomic E-state index is 12.7. The minimum Gasteiger partial charge on any atom is -0.462 e. The molecule has 5 heteroatoms. The number of hydrogen-bond donors (Lipinski definition) is 0. The number of carbonyl (C=O) groups excluding carboxylic acids is 2. The highest BCUT2D eigenvalue weighted by Gasteiger charge is 2.17. The van der Waals surface area contributed by atoms with Crippen LogP contribution in [0.5, 0.6) is 0 Å². The van der Waals surface area contributed by atoms with Gasteiger partial charge >= 0.3 is 11.9 Å². The molecule has 0 aromatic heterocycles.